The number of nitrogens with one attached hydrogen (secondary N) is 2. The molecule has 1 saturated carbocycles. The van der Waals surface area contributed by atoms with E-state index in [0.717, 1.165) is 12.8 Å². The maximum Gasteiger partial charge on any atom is 0.237 e. The molecule has 1 aliphatic rings. The normalized spacial score (nSPS) is 19.7. The van der Waals surface area contributed by atoms with Gasteiger partial charge in [0, 0.05) is 17.0 Å². The molecule has 0 unspecified atom stereocenters. The molecule has 18 heavy (non-hydrogen) atoms. The highest BCUT2D eigenvalue weighted by Crippen LogP contribution is 2.19. The van der Waals surface area contributed by atoms with Gasteiger partial charge in [0.1, 0.15) is 0 Å². The summed E-state index contributed by atoms with van der Waals surface area (Å²) in [4.78, 5) is 13.3. The lowest BCUT2D eigenvalue weighted by atomic mass is 10.2. The highest BCUT2D eigenvalue weighted by molar-refractivity contribution is 7.10. The Morgan fingerprint density at radius 3 is 2.72 bits per heavy atom. The maximum absolute atomic E-state index is 12.0. The quantitative estimate of drug-likeness (QED) is 0.860. The predicted octanol–water partition coefficient (Wildman–Crippen LogP) is 2.85. The first-order chi connectivity index (χ1) is 8.66. The number of hydrogen-bond acceptors (Lipinski definition) is 3. The molecule has 2 N–H and O–H groups in total. The van der Waals surface area contributed by atoms with Crippen molar-refractivity contribution in [2.24, 2.45) is 0 Å². The van der Waals surface area contributed by atoms with Crippen molar-refractivity contribution in [2.75, 3.05) is 0 Å². The Morgan fingerprint density at radius 1 is 1.39 bits per heavy atom. The van der Waals surface area contributed by atoms with Crippen LogP contribution in [-0.2, 0) is 4.79 Å². The molecule has 1 amide bonds. The van der Waals surface area contributed by atoms with Gasteiger partial charge >= 0.3 is 0 Å². The Hall–Kier alpha value is -0.870. The van der Waals surface area contributed by atoms with E-state index in [1.165, 1.54) is 17.7 Å². The summed E-state index contributed by atoms with van der Waals surface area (Å²) in [5, 5.41) is 8.55. The molecule has 0 aromatic carbocycles. The van der Waals surface area contributed by atoms with Gasteiger partial charge in [-0.3, -0.25) is 10.1 Å². The standard InChI is InChI=1S/C14H22N2OS/c1-10(13-8-5-9-18-13)15-11(2)14(17)16-12-6-3-4-7-12/h5,8-12,15H,3-4,6-7H2,1-2H3,(H,16,17)/t10-,11+/m0/s1. The number of thiophene rings is 1. The van der Waals surface area contributed by atoms with Crippen LogP contribution < -0.4 is 10.6 Å². The minimum atomic E-state index is -0.136. The third-order valence-corrected chi connectivity index (χ3v) is 4.62. The monoisotopic (exact) mass is 266 g/mol. The molecule has 0 radical (unpaired) electrons. The minimum absolute atomic E-state index is 0.130. The van der Waals surface area contributed by atoms with E-state index in [1.54, 1.807) is 11.3 Å². The molecule has 2 rings (SSSR count). The minimum Gasteiger partial charge on any atom is -0.352 e. The smallest absolute Gasteiger partial charge is 0.237 e. The van der Waals surface area contributed by atoms with Gasteiger partial charge in [-0.25, -0.2) is 0 Å². The third kappa shape index (κ3) is 3.56. The van der Waals surface area contributed by atoms with E-state index in [1.807, 2.05) is 13.0 Å². The van der Waals surface area contributed by atoms with E-state index in [-0.39, 0.29) is 18.0 Å². The summed E-state index contributed by atoms with van der Waals surface area (Å²) in [5.41, 5.74) is 0. The van der Waals surface area contributed by atoms with E-state index in [0.29, 0.717) is 6.04 Å². The van der Waals surface area contributed by atoms with Crippen LogP contribution in [0.25, 0.3) is 0 Å². The second-order valence-electron chi connectivity index (χ2n) is 5.12. The van der Waals surface area contributed by atoms with E-state index < -0.39 is 0 Å². The molecule has 0 spiro atoms. The predicted molar refractivity (Wildman–Crippen MR) is 75.7 cm³/mol. The van der Waals surface area contributed by atoms with Gasteiger partial charge in [-0.05, 0) is 38.1 Å². The van der Waals surface area contributed by atoms with Gasteiger partial charge in [0.05, 0.1) is 6.04 Å². The number of carbonyl (C=O) groups excluding carboxylic acids is 1. The topological polar surface area (TPSA) is 41.1 Å². The van der Waals surface area contributed by atoms with Crippen molar-refractivity contribution in [1.29, 1.82) is 0 Å². The van der Waals surface area contributed by atoms with Gasteiger partial charge in [-0.1, -0.05) is 18.9 Å². The second kappa shape index (κ2) is 6.34. The molecular weight excluding hydrogens is 244 g/mol. The van der Waals surface area contributed by atoms with Gasteiger partial charge in [0.2, 0.25) is 5.91 Å². The van der Waals surface area contributed by atoms with Crippen molar-refractivity contribution in [3.8, 4) is 0 Å². The largest absolute Gasteiger partial charge is 0.352 e. The van der Waals surface area contributed by atoms with Crippen LogP contribution in [-0.4, -0.2) is 18.0 Å². The van der Waals surface area contributed by atoms with Crippen molar-refractivity contribution in [2.45, 2.75) is 57.7 Å². The van der Waals surface area contributed by atoms with Gasteiger partial charge in [0.15, 0.2) is 0 Å². The molecule has 0 bridgehead atoms. The van der Waals surface area contributed by atoms with Crippen LogP contribution in [0.4, 0.5) is 0 Å². The van der Waals surface area contributed by atoms with Gasteiger partial charge in [-0.15, -0.1) is 11.3 Å². The van der Waals surface area contributed by atoms with E-state index >= 15 is 0 Å². The van der Waals surface area contributed by atoms with Crippen LogP contribution in [0.2, 0.25) is 0 Å². The molecule has 1 aromatic heterocycles. The average Bonchev–Trinajstić information content (AvgIpc) is 3.01. The Labute approximate surface area is 113 Å². The van der Waals surface area contributed by atoms with E-state index in [9.17, 15) is 4.79 Å². The molecule has 0 saturated heterocycles. The zero-order valence-corrected chi connectivity index (χ0v) is 11.9. The van der Waals surface area contributed by atoms with Crippen LogP contribution in [0, 0.1) is 0 Å². The third-order valence-electron chi connectivity index (χ3n) is 3.56. The molecule has 4 heteroatoms. The zero-order chi connectivity index (χ0) is 13.0. The Kier molecular flexibility index (Phi) is 4.78. The fraction of sp³-hybridized carbons (Fsp3) is 0.643. The summed E-state index contributed by atoms with van der Waals surface area (Å²) in [7, 11) is 0. The van der Waals surface area contributed by atoms with Crippen molar-refractivity contribution < 1.29 is 4.79 Å². The fourth-order valence-corrected chi connectivity index (χ4v) is 3.21. The molecule has 1 aliphatic carbocycles. The molecular formula is C14H22N2OS. The van der Waals surface area contributed by atoms with Gasteiger partial charge in [0.25, 0.3) is 0 Å². The van der Waals surface area contributed by atoms with Crippen LogP contribution in [0.3, 0.4) is 0 Å². The lowest BCUT2D eigenvalue weighted by molar-refractivity contribution is -0.123. The Balaban J connectivity index is 1.79. The summed E-state index contributed by atoms with van der Waals surface area (Å²) in [6, 6.07) is 4.64. The first kappa shape index (κ1) is 13.6. The molecule has 100 valence electrons. The van der Waals surface area contributed by atoms with Gasteiger partial charge in [-0.2, -0.15) is 0 Å². The lowest BCUT2D eigenvalue weighted by Crippen LogP contribution is -2.46. The highest BCUT2D eigenvalue weighted by atomic mass is 32.1. The van der Waals surface area contributed by atoms with Crippen molar-refractivity contribution in [3.05, 3.63) is 22.4 Å². The van der Waals surface area contributed by atoms with E-state index in [4.69, 9.17) is 0 Å². The molecule has 2 atom stereocenters. The van der Waals surface area contributed by atoms with Crippen LogP contribution in [0.15, 0.2) is 17.5 Å². The molecule has 0 aliphatic heterocycles. The zero-order valence-electron chi connectivity index (χ0n) is 11.1. The fourth-order valence-electron chi connectivity index (χ4n) is 2.47. The molecule has 1 fully saturated rings. The first-order valence-electron chi connectivity index (χ1n) is 6.76. The summed E-state index contributed by atoms with van der Waals surface area (Å²) in [6.07, 6.45) is 4.77. The summed E-state index contributed by atoms with van der Waals surface area (Å²) >= 11 is 1.72. The molecule has 1 aromatic rings. The van der Waals surface area contributed by atoms with E-state index in [2.05, 4.69) is 29.0 Å². The van der Waals surface area contributed by atoms with Crippen molar-refractivity contribution in [1.82, 2.24) is 10.6 Å². The van der Waals surface area contributed by atoms with Crippen molar-refractivity contribution in [3.63, 3.8) is 0 Å². The lowest BCUT2D eigenvalue weighted by Gasteiger charge is -2.21. The van der Waals surface area contributed by atoms with Crippen LogP contribution >= 0.6 is 11.3 Å². The second-order valence-corrected chi connectivity index (χ2v) is 6.09. The highest BCUT2D eigenvalue weighted by Gasteiger charge is 2.21. The van der Waals surface area contributed by atoms with Crippen molar-refractivity contribution >= 4 is 17.2 Å². The maximum atomic E-state index is 12.0. The van der Waals surface area contributed by atoms with Crippen LogP contribution in [0.5, 0.6) is 0 Å². The summed E-state index contributed by atoms with van der Waals surface area (Å²) < 4.78 is 0. The molecule has 1 heterocycles. The Morgan fingerprint density at radius 2 is 2.11 bits per heavy atom. The number of hydrogen-bond donors (Lipinski definition) is 2. The number of rotatable bonds is 5. The molecule has 3 nitrogen and oxygen atoms in total. The van der Waals surface area contributed by atoms with Gasteiger partial charge < -0.3 is 5.32 Å². The SMILES string of the molecule is C[C@H](N[C@H](C)C(=O)NC1CCCC1)c1cccs1. The van der Waals surface area contributed by atoms with Crippen LogP contribution in [0.1, 0.15) is 50.4 Å². The summed E-state index contributed by atoms with van der Waals surface area (Å²) in [6.45, 7) is 4.04. The number of carbonyl (C=O) groups is 1. The first-order valence-corrected chi connectivity index (χ1v) is 7.64. The average molecular weight is 266 g/mol. The Bertz CT molecular complexity index is 371. The summed E-state index contributed by atoms with van der Waals surface area (Å²) in [5.74, 6) is 0.130. The number of amides is 1.